The second kappa shape index (κ2) is 8.30. The van der Waals surface area contributed by atoms with Crippen molar-refractivity contribution < 1.29 is 9.13 Å². The molecule has 0 bridgehead atoms. The lowest BCUT2D eigenvalue weighted by molar-refractivity contribution is -0.693. The lowest BCUT2D eigenvalue weighted by atomic mass is 10.1. The van der Waals surface area contributed by atoms with Gasteiger partial charge in [-0.3, -0.25) is 0 Å². The van der Waals surface area contributed by atoms with Crippen LogP contribution < -0.4 is 9.13 Å². The zero-order chi connectivity index (χ0) is 18.6. The lowest BCUT2D eigenvalue weighted by Crippen LogP contribution is -2.31. The fourth-order valence-corrected chi connectivity index (χ4v) is 6.44. The van der Waals surface area contributed by atoms with Crippen LogP contribution in [0.25, 0.3) is 29.9 Å². The van der Waals surface area contributed by atoms with Gasteiger partial charge in [-0.1, -0.05) is 0 Å². The molecule has 5 aromatic rings. The van der Waals surface area contributed by atoms with Crippen molar-refractivity contribution in [3.8, 4) is 11.1 Å². The molecule has 27 heavy (non-hydrogen) atoms. The third-order valence-electron chi connectivity index (χ3n) is 4.53. The smallest absolute Gasteiger partial charge is 0.169 e. The molecule has 0 amide bonds. The lowest BCUT2D eigenvalue weighted by Gasteiger charge is -1.99. The third kappa shape index (κ3) is 3.95. The average Bonchev–Trinajstić information content (AvgIpc) is 3.43. The SMILES string of the molecule is CC[n+]1ccc(-c2cc[n+](CC)cc2)cc1.c1cc2sc3ccsc3c2s1. The summed E-state index contributed by atoms with van der Waals surface area (Å²) in [6.45, 7) is 6.33. The Morgan fingerprint density at radius 2 is 1.04 bits per heavy atom. The van der Waals surface area contributed by atoms with Crippen molar-refractivity contribution in [2.24, 2.45) is 0 Å². The summed E-state index contributed by atoms with van der Waals surface area (Å²) in [5.74, 6) is 0. The largest absolute Gasteiger partial charge is 0.205 e. The number of hydrogen-bond acceptors (Lipinski definition) is 3. The molecule has 0 unspecified atom stereocenters. The summed E-state index contributed by atoms with van der Waals surface area (Å²) in [7, 11) is 0. The van der Waals surface area contributed by atoms with Crippen LogP contribution in [-0.4, -0.2) is 0 Å². The topological polar surface area (TPSA) is 7.76 Å². The van der Waals surface area contributed by atoms with Gasteiger partial charge in [0, 0.05) is 33.7 Å². The summed E-state index contributed by atoms with van der Waals surface area (Å²) < 4.78 is 10.2. The summed E-state index contributed by atoms with van der Waals surface area (Å²) in [6, 6.07) is 13.1. The Morgan fingerprint density at radius 1 is 0.630 bits per heavy atom. The molecule has 0 saturated carbocycles. The molecule has 5 aromatic heterocycles. The highest BCUT2D eigenvalue weighted by molar-refractivity contribution is 7.37. The predicted molar refractivity (Wildman–Crippen MR) is 119 cm³/mol. The van der Waals surface area contributed by atoms with Crippen LogP contribution in [0.1, 0.15) is 13.8 Å². The Labute approximate surface area is 171 Å². The van der Waals surface area contributed by atoms with Gasteiger partial charge in [-0.2, -0.15) is 0 Å². The van der Waals surface area contributed by atoms with Crippen molar-refractivity contribution >= 4 is 52.8 Å². The number of rotatable bonds is 3. The first-order valence-corrected chi connectivity index (χ1v) is 11.7. The molecule has 0 N–H and O–H groups in total. The van der Waals surface area contributed by atoms with Gasteiger partial charge in [0.25, 0.3) is 0 Å². The van der Waals surface area contributed by atoms with Crippen molar-refractivity contribution in [3.63, 3.8) is 0 Å². The molecule has 0 spiro atoms. The minimum Gasteiger partial charge on any atom is -0.205 e. The molecule has 0 saturated heterocycles. The predicted octanol–water partition coefficient (Wildman–Crippen LogP) is 6.15. The molecule has 5 rings (SSSR count). The van der Waals surface area contributed by atoms with Crippen LogP contribution in [0, 0.1) is 0 Å². The van der Waals surface area contributed by atoms with Crippen molar-refractivity contribution in [1.82, 2.24) is 0 Å². The fourth-order valence-electron chi connectivity index (χ4n) is 2.93. The molecular weight excluding hydrogens is 388 g/mol. The molecule has 5 heteroatoms. The fraction of sp³-hybridized carbons (Fsp3) is 0.182. The van der Waals surface area contributed by atoms with E-state index in [1.807, 2.05) is 34.0 Å². The molecular formula is C22H22N2S3+2. The van der Waals surface area contributed by atoms with Crippen LogP contribution in [-0.2, 0) is 13.1 Å². The number of fused-ring (bicyclic) bond motifs is 3. The van der Waals surface area contributed by atoms with Crippen molar-refractivity contribution in [1.29, 1.82) is 0 Å². The normalized spacial score (nSPS) is 10.9. The van der Waals surface area contributed by atoms with Gasteiger partial charge in [0.1, 0.15) is 13.1 Å². The highest BCUT2D eigenvalue weighted by atomic mass is 32.1. The molecule has 0 aromatic carbocycles. The maximum atomic E-state index is 2.21. The van der Waals surface area contributed by atoms with Crippen LogP contribution >= 0.6 is 34.0 Å². The molecule has 5 heterocycles. The Morgan fingerprint density at radius 3 is 1.41 bits per heavy atom. The summed E-state index contributed by atoms with van der Waals surface area (Å²) in [6.07, 6.45) is 8.48. The molecule has 0 atom stereocenters. The Bertz CT molecular complexity index is 1040. The Hall–Kier alpha value is -2.08. The van der Waals surface area contributed by atoms with E-state index in [4.69, 9.17) is 0 Å². The second-order valence-corrected chi connectivity index (χ2v) is 9.08. The van der Waals surface area contributed by atoms with Crippen LogP contribution in [0.15, 0.2) is 71.9 Å². The van der Waals surface area contributed by atoms with Gasteiger partial charge in [0.2, 0.25) is 0 Å². The van der Waals surface area contributed by atoms with E-state index < -0.39 is 0 Å². The van der Waals surface area contributed by atoms with Crippen molar-refractivity contribution in [2.45, 2.75) is 26.9 Å². The zero-order valence-corrected chi connectivity index (χ0v) is 17.9. The molecule has 0 fully saturated rings. The number of aromatic nitrogens is 2. The van der Waals surface area contributed by atoms with Gasteiger partial charge in [-0.15, -0.1) is 34.0 Å². The summed E-state index contributed by atoms with van der Waals surface area (Å²) >= 11 is 5.59. The number of pyridine rings is 2. The first-order valence-electron chi connectivity index (χ1n) is 9.10. The van der Waals surface area contributed by atoms with Crippen LogP contribution in [0.4, 0.5) is 0 Å². The molecule has 0 aliphatic carbocycles. The van der Waals surface area contributed by atoms with E-state index in [-0.39, 0.29) is 0 Å². The van der Waals surface area contributed by atoms with Crippen LogP contribution in [0.3, 0.4) is 0 Å². The minimum absolute atomic E-state index is 1.02. The maximum Gasteiger partial charge on any atom is 0.169 e. The first kappa shape index (κ1) is 18.3. The van der Waals surface area contributed by atoms with E-state index in [9.17, 15) is 0 Å². The maximum absolute atomic E-state index is 2.21. The van der Waals surface area contributed by atoms with E-state index in [0.717, 1.165) is 13.1 Å². The molecule has 0 aliphatic heterocycles. The third-order valence-corrected chi connectivity index (χ3v) is 7.90. The van der Waals surface area contributed by atoms with Gasteiger partial charge in [0.05, 0.1) is 9.40 Å². The molecule has 2 nitrogen and oxygen atoms in total. The zero-order valence-electron chi connectivity index (χ0n) is 15.5. The van der Waals surface area contributed by atoms with Gasteiger partial charge in [-0.25, -0.2) is 9.13 Å². The summed E-state index contributed by atoms with van der Waals surface area (Å²) in [5, 5.41) is 4.33. The Kier molecular flexibility index (Phi) is 5.62. The number of hydrogen-bond donors (Lipinski definition) is 0. The summed E-state index contributed by atoms with van der Waals surface area (Å²) in [4.78, 5) is 0. The highest BCUT2D eigenvalue weighted by Gasteiger charge is 2.05. The van der Waals surface area contributed by atoms with Crippen molar-refractivity contribution in [3.05, 3.63) is 71.9 Å². The Balaban J connectivity index is 0.000000141. The van der Waals surface area contributed by atoms with E-state index in [2.05, 4.69) is 94.9 Å². The first-order chi connectivity index (χ1) is 13.3. The quantitative estimate of drug-likeness (QED) is 0.315. The average molecular weight is 411 g/mol. The van der Waals surface area contributed by atoms with Gasteiger partial charge >= 0.3 is 0 Å². The molecule has 0 aliphatic rings. The van der Waals surface area contributed by atoms with E-state index in [1.54, 1.807) is 0 Å². The monoisotopic (exact) mass is 410 g/mol. The number of nitrogens with zero attached hydrogens (tertiary/aromatic N) is 2. The second-order valence-electron chi connectivity index (χ2n) is 6.16. The van der Waals surface area contributed by atoms with E-state index in [1.165, 1.54) is 29.9 Å². The number of aryl methyl sites for hydroxylation is 2. The molecule has 0 radical (unpaired) electrons. The van der Waals surface area contributed by atoms with Crippen molar-refractivity contribution in [2.75, 3.05) is 0 Å². The van der Waals surface area contributed by atoms with Gasteiger partial charge in [0.15, 0.2) is 24.8 Å². The summed E-state index contributed by atoms with van der Waals surface area (Å²) in [5.41, 5.74) is 2.54. The van der Waals surface area contributed by atoms with E-state index >= 15 is 0 Å². The standard InChI is InChI=1S/C14H18N2.C8H4S3/c1-3-15-9-5-13(6-10-15)14-7-11-16(4-2)12-8-14;1-3-9-7-5(1)11-6-2-4-10-8(6)7/h5-12H,3-4H2,1-2H3;1-4H/q+2;. The molecule has 136 valence electrons. The van der Waals surface area contributed by atoms with Gasteiger partial charge in [-0.05, 0) is 47.9 Å². The number of thiophene rings is 3. The van der Waals surface area contributed by atoms with Crippen LogP contribution in [0.2, 0.25) is 0 Å². The van der Waals surface area contributed by atoms with Crippen LogP contribution in [0.5, 0.6) is 0 Å². The van der Waals surface area contributed by atoms with E-state index in [0.29, 0.717) is 0 Å². The highest BCUT2D eigenvalue weighted by Crippen LogP contribution is 2.40. The minimum atomic E-state index is 1.02. The van der Waals surface area contributed by atoms with Gasteiger partial charge < -0.3 is 0 Å².